The summed E-state index contributed by atoms with van der Waals surface area (Å²) in [6.45, 7) is 6.83. The van der Waals surface area contributed by atoms with E-state index in [9.17, 15) is 4.39 Å². The fourth-order valence-corrected chi connectivity index (χ4v) is 4.72. The lowest BCUT2D eigenvalue weighted by Gasteiger charge is -2.37. The lowest BCUT2D eigenvalue weighted by molar-refractivity contribution is 0.396. The Balaban J connectivity index is 1.57. The number of hydrogen-bond acceptors (Lipinski definition) is 4. The molecule has 1 aliphatic heterocycles. The first-order valence-electron chi connectivity index (χ1n) is 12.0. The maximum atomic E-state index is 13.8. The first-order valence-corrected chi connectivity index (χ1v) is 12.4. The number of hydrogen-bond donors (Lipinski definition) is 1. The number of aromatic nitrogens is 2. The molecule has 3 aromatic carbocycles. The molecule has 1 atom stereocenters. The summed E-state index contributed by atoms with van der Waals surface area (Å²) in [5.74, 6) is 0.359. The van der Waals surface area contributed by atoms with Gasteiger partial charge in [0.15, 0.2) is 5.11 Å². The zero-order valence-corrected chi connectivity index (χ0v) is 21.3. The molecule has 5 nitrogen and oxygen atoms in total. The Hall–Kier alpha value is -3.84. The van der Waals surface area contributed by atoms with Gasteiger partial charge < -0.3 is 14.7 Å². The topological polar surface area (TPSA) is 54.2 Å². The molecule has 1 N–H and O–H groups in total. The fraction of sp³-hybridized carbons (Fsp3) is 0.207. The highest BCUT2D eigenvalue weighted by molar-refractivity contribution is 7.80. The van der Waals surface area contributed by atoms with Gasteiger partial charge >= 0.3 is 0 Å². The summed E-state index contributed by atoms with van der Waals surface area (Å²) in [6, 6.07) is 22.8. The third-order valence-electron chi connectivity index (χ3n) is 6.52. The van der Waals surface area contributed by atoms with Crippen LogP contribution in [-0.2, 0) is 13.0 Å². The minimum Gasteiger partial charge on any atom is -0.351 e. The van der Waals surface area contributed by atoms with Gasteiger partial charge in [0.25, 0.3) is 5.89 Å². The van der Waals surface area contributed by atoms with Crippen LogP contribution < -0.4 is 5.32 Å². The Bertz CT molecular complexity index is 1430. The molecule has 36 heavy (non-hydrogen) atoms. The van der Waals surface area contributed by atoms with E-state index in [1.807, 2.05) is 6.92 Å². The molecular formula is C29H27FN4OS. The second-order valence-electron chi connectivity index (χ2n) is 8.98. The summed E-state index contributed by atoms with van der Waals surface area (Å²) in [7, 11) is 0. The third kappa shape index (κ3) is 4.79. The van der Waals surface area contributed by atoms with Gasteiger partial charge in [0, 0.05) is 17.8 Å². The number of halogens is 1. The standard InChI is InChI=1S/C29H27FN4OS/c1-4-20-10-12-21(13-11-20)17-34-19(3)25(26(31-29(34)36)22-14-8-18(2)9-15-22)28-32-27(33-35-28)23-6-5-7-24(30)16-23/h5-16,26H,4,17H2,1-3H3,(H,31,36). The molecular weight excluding hydrogens is 471 g/mol. The Kier molecular flexibility index (Phi) is 6.65. The van der Waals surface area contributed by atoms with Crippen LogP contribution in [0.5, 0.6) is 0 Å². The molecule has 0 saturated carbocycles. The molecule has 0 radical (unpaired) electrons. The number of thiocarbonyl (C=S) groups is 1. The number of allylic oxidation sites excluding steroid dienone is 1. The van der Waals surface area contributed by atoms with Crippen molar-refractivity contribution >= 4 is 22.9 Å². The molecule has 0 fully saturated rings. The normalized spacial score (nSPS) is 15.8. The van der Waals surface area contributed by atoms with Crippen molar-refractivity contribution in [2.24, 2.45) is 0 Å². The SMILES string of the molecule is CCc1ccc(CN2C(=S)NC(c3ccc(C)cc3)C(c3nc(-c4cccc(F)c4)no3)=C2C)cc1. The van der Waals surface area contributed by atoms with Crippen LogP contribution in [0.25, 0.3) is 17.0 Å². The van der Waals surface area contributed by atoms with Gasteiger partial charge in [0.2, 0.25) is 5.82 Å². The van der Waals surface area contributed by atoms with E-state index in [2.05, 4.69) is 82.7 Å². The number of nitrogens with zero attached hydrogens (tertiary/aromatic N) is 3. The summed E-state index contributed by atoms with van der Waals surface area (Å²) in [6.07, 6.45) is 0.996. The van der Waals surface area contributed by atoms with Crippen molar-refractivity contribution in [1.29, 1.82) is 0 Å². The van der Waals surface area contributed by atoms with Crippen LogP contribution in [0, 0.1) is 12.7 Å². The van der Waals surface area contributed by atoms with Crippen LogP contribution in [0.3, 0.4) is 0 Å². The Morgan fingerprint density at radius 1 is 1.00 bits per heavy atom. The van der Waals surface area contributed by atoms with E-state index in [4.69, 9.17) is 16.7 Å². The first kappa shape index (κ1) is 23.9. The van der Waals surface area contributed by atoms with Crippen LogP contribution >= 0.6 is 12.2 Å². The molecule has 2 heterocycles. The average molecular weight is 499 g/mol. The van der Waals surface area contributed by atoms with Crippen molar-refractivity contribution < 1.29 is 8.91 Å². The monoisotopic (exact) mass is 498 g/mol. The van der Waals surface area contributed by atoms with Gasteiger partial charge in [-0.1, -0.05) is 78.3 Å². The van der Waals surface area contributed by atoms with E-state index in [-0.39, 0.29) is 11.9 Å². The van der Waals surface area contributed by atoms with E-state index in [1.54, 1.807) is 12.1 Å². The van der Waals surface area contributed by atoms with Gasteiger partial charge in [0.1, 0.15) is 5.82 Å². The number of rotatable bonds is 6. The number of nitrogens with one attached hydrogen (secondary N) is 1. The highest BCUT2D eigenvalue weighted by Gasteiger charge is 2.34. The maximum absolute atomic E-state index is 13.8. The molecule has 5 rings (SSSR count). The minimum atomic E-state index is -0.350. The largest absolute Gasteiger partial charge is 0.351 e. The number of aryl methyl sites for hydroxylation is 2. The predicted octanol–water partition coefficient (Wildman–Crippen LogP) is 6.61. The molecule has 7 heteroatoms. The highest BCUT2D eigenvalue weighted by atomic mass is 32.1. The van der Waals surface area contributed by atoms with Gasteiger partial charge in [-0.15, -0.1) is 0 Å². The third-order valence-corrected chi connectivity index (χ3v) is 6.86. The molecule has 1 aliphatic rings. The van der Waals surface area contributed by atoms with Crippen molar-refractivity contribution in [1.82, 2.24) is 20.4 Å². The van der Waals surface area contributed by atoms with Gasteiger partial charge in [-0.2, -0.15) is 4.98 Å². The Labute approximate surface area is 215 Å². The fourth-order valence-electron chi connectivity index (χ4n) is 4.40. The maximum Gasteiger partial charge on any atom is 0.258 e. The van der Waals surface area contributed by atoms with Gasteiger partial charge in [0.05, 0.1) is 11.6 Å². The predicted molar refractivity (Wildman–Crippen MR) is 143 cm³/mol. The van der Waals surface area contributed by atoms with Crippen molar-refractivity contribution in [3.8, 4) is 11.4 Å². The average Bonchev–Trinajstić information content (AvgIpc) is 3.37. The lowest BCUT2D eigenvalue weighted by Crippen LogP contribution is -2.45. The van der Waals surface area contributed by atoms with E-state index < -0.39 is 0 Å². The van der Waals surface area contributed by atoms with E-state index >= 15 is 0 Å². The van der Waals surface area contributed by atoms with E-state index in [0.29, 0.717) is 28.9 Å². The first-order chi connectivity index (χ1) is 17.4. The van der Waals surface area contributed by atoms with E-state index in [0.717, 1.165) is 28.8 Å². The van der Waals surface area contributed by atoms with Crippen LogP contribution in [0.2, 0.25) is 0 Å². The minimum absolute atomic E-state index is 0.266. The van der Waals surface area contributed by atoms with Gasteiger partial charge in [-0.25, -0.2) is 4.39 Å². The molecule has 0 bridgehead atoms. The van der Waals surface area contributed by atoms with Gasteiger partial charge in [-0.05, 0) is 61.3 Å². The number of benzene rings is 3. The Morgan fingerprint density at radius 3 is 2.42 bits per heavy atom. The molecule has 1 unspecified atom stereocenters. The quantitative estimate of drug-likeness (QED) is 0.302. The molecule has 182 valence electrons. The van der Waals surface area contributed by atoms with Crippen LogP contribution in [0.4, 0.5) is 4.39 Å². The lowest BCUT2D eigenvalue weighted by atomic mass is 9.94. The highest BCUT2D eigenvalue weighted by Crippen LogP contribution is 2.38. The molecule has 0 aliphatic carbocycles. The molecule has 4 aromatic rings. The summed E-state index contributed by atoms with van der Waals surface area (Å²) in [5.41, 5.74) is 6.97. The van der Waals surface area contributed by atoms with Crippen LogP contribution in [0.15, 0.2) is 83.0 Å². The van der Waals surface area contributed by atoms with Crippen LogP contribution in [0.1, 0.15) is 48.0 Å². The second kappa shape index (κ2) is 10.0. The molecule has 1 aromatic heterocycles. The summed E-state index contributed by atoms with van der Waals surface area (Å²) in [5, 5.41) is 8.29. The molecule has 0 amide bonds. The van der Waals surface area contributed by atoms with Crippen molar-refractivity contribution in [3.05, 3.63) is 112 Å². The zero-order valence-electron chi connectivity index (χ0n) is 20.5. The smallest absolute Gasteiger partial charge is 0.258 e. The van der Waals surface area contributed by atoms with Gasteiger partial charge in [-0.3, -0.25) is 0 Å². The van der Waals surface area contributed by atoms with Crippen molar-refractivity contribution in [3.63, 3.8) is 0 Å². The molecule has 0 spiro atoms. The van der Waals surface area contributed by atoms with Crippen LogP contribution in [-0.4, -0.2) is 20.2 Å². The summed E-state index contributed by atoms with van der Waals surface area (Å²) < 4.78 is 19.6. The summed E-state index contributed by atoms with van der Waals surface area (Å²) >= 11 is 5.83. The molecule has 0 saturated heterocycles. The summed E-state index contributed by atoms with van der Waals surface area (Å²) in [4.78, 5) is 6.72. The van der Waals surface area contributed by atoms with Crippen molar-refractivity contribution in [2.45, 2.75) is 39.8 Å². The van der Waals surface area contributed by atoms with E-state index in [1.165, 1.54) is 23.3 Å². The van der Waals surface area contributed by atoms with Crippen molar-refractivity contribution in [2.75, 3.05) is 0 Å². The Morgan fingerprint density at radius 2 is 1.72 bits per heavy atom. The second-order valence-corrected chi connectivity index (χ2v) is 9.37. The zero-order chi connectivity index (χ0) is 25.2.